The summed E-state index contributed by atoms with van der Waals surface area (Å²) in [7, 11) is 0. The van der Waals surface area contributed by atoms with Crippen molar-refractivity contribution in [3.63, 3.8) is 0 Å². The zero-order valence-corrected chi connectivity index (χ0v) is 9.95. The van der Waals surface area contributed by atoms with E-state index < -0.39 is 0 Å². The molecule has 3 aliphatic rings. The van der Waals surface area contributed by atoms with Gasteiger partial charge in [0.05, 0.1) is 6.54 Å². The van der Waals surface area contributed by atoms with Crippen molar-refractivity contribution in [1.82, 2.24) is 5.32 Å². The van der Waals surface area contributed by atoms with Crippen LogP contribution in [0.5, 0.6) is 0 Å². The summed E-state index contributed by atoms with van der Waals surface area (Å²) in [5.74, 6) is 2.00. The molecule has 3 heteroatoms. The molecule has 3 rings (SSSR count). The van der Waals surface area contributed by atoms with Gasteiger partial charge in [0.2, 0.25) is 0 Å². The minimum absolute atomic E-state index is 0.621. The number of amidine groups is 1. The molecule has 0 aromatic rings. The topological polar surface area (TPSA) is 33.6 Å². The molecular formula is C13H22N2O. The summed E-state index contributed by atoms with van der Waals surface area (Å²) in [6.45, 7) is 1.60. The first-order chi connectivity index (χ1) is 7.92. The Morgan fingerprint density at radius 1 is 1.06 bits per heavy atom. The third-order valence-corrected chi connectivity index (χ3v) is 4.45. The van der Waals surface area contributed by atoms with Crippen molar-refractivity contribution >= 4 is 6.02 Å². The largest absolute Gasteiger partial charge is 0.463 e. The van der Waals surface area contributed by atoms with Crippen molar-refractivity contribution in [2.45, 2.75) is 51.0 Å². The number of fused-ring (bicyclic) bond motifs is 1. The van der Waals surface area contributed by atoms with Gasteiger partial charge in [0.15, 0.2) is 0 Å². The van der Waals surface area contributed by atoms with Crippen LogP contribution in [0.1, 0.15) is 44.9 Å². The molecule has 0 radical (unpaired) electrons. The van der Waals surface area contributed by atoms with E-state index in [9.17, 15) is 0 Å². The molecule has 0 bridgehead atoms. The van der Waals surface area contributed by atoms with E-state index in [0.29, 0.717) is 6.04 Å². The monoisotopic (exact) mass is 222 g/mol. The molecule has 1 N–H and O–H groups in total. The van der Waals surface area contributed by atoms with Crippen LogP contribution in [-0.2, 0) is 4.74 Å². The van der Waals surface area contributed by atoms with Crippen LogP contribution >= 0.6 is 0 Å². The van der Waals surface area contributed by atoms with E-state index in [1.807, 2.05) is 0 Å². The Hall–Kier alpha value is -0.730. The lowest BCUT2D eigenvalue weighted by Gasteiger charge is -2.39. The molecule has 1 heterocycles. The molecule has 3 atom stereocenters. The number of nitrogens with zero attached hydrogens (tertiary/aromatic N) is 1. The fourth-order valence-corrected chi connectivity index (χ4v) is 3.60. The van der Waals surface area contributed by atoms with Crippen LogP contribution < -0.4 is 5.32 Å². The molecule has 0 saturated heterocycles. The van der Waals surface area contributed by atoms with E-state index in [0.717, 1.165) is 31.0 Å². The quantitative estimate of drug-likeness (QED) is 0.738. The normalized spacial score (nSPS) is 38.5. The van der Waals surface area contributed by atoms with Crippen LogP contribution in [0.3, 0.4) is 0 Å². The predicted molar refractivity (Wildman–Crippen MR) is 64.5 cm³/mol. The van der Waals surface area contributed by atoms with Gasteiger partial charge in [-0.2, -0.15) is 0 Å². The van der Waals surface area contributed by atoms with Crippen LogP contribution in [0.2, 0.25) is 0 Å². The second kappa shape index (κ2) is 4.64. The average Bonchev–Trinajstić information content (AvgIpc) is 2.82. The molecule has 16 heavy (non-hydrogen) atoms. The van der Waals surface area contributed by atoms with Gasteiger partial charge >= 0.3 is 0 Å². The molecule has 0 amide bonds. The highest BCUT2D eigenvalue weighted by Crippen LogP contribution is 2.40. The molecule has 2 aliphatic carbocycles. The minimum Gasteiger partial charge on any atom is -0.463 e. The first kappa shape index (κ1) is 10.4. The van der Waals surface area contributed by atoms with Gasteiger partial charge in [-0.05, 0) is 31.1 Å². The van der Waals surface area contributed by atoms with Crippen molar-refractivity contribution in [2.75, 3.05) is 13.2 Å². The maximum absolute atomic E-state index is 5.43. The SMILES string of the molecule is C1CC[C@@H]2C[C@@H](NC3=NCCO3)CC[C@@H]2C1. The lowest BCUT2D eigenvalue weighted by molar-refractivity contribution is 0.147. The fraction of sp³-hybridized carbons (Fsp3) is 0.923. The second-order valence-electron chi connectivity index (χ2n) is 5.49. The molecule has 2 fully saturated rings. The minimum atomic E-state index is 0.621. The summed E-state index contributed by atoms with van der Waals surface area (Å²) in [6, 6.07) is 1.43. The maximum Gasteiger partial charge on any atom is 0.285 e. The van der Waals surface area contributed by atoms with Gasteiger partial charge in [-0.15, -0.1) is 0 Å². The van der Waals surface area contributed by atoms with Gasteiger partial charge in [0, 0.05) is 6.04 Å². The van der Waals surface area contributed by atoms with Crippen molar-refractivity contribution in [3.8, 4) is 0 Å². The highest BCUT2D eigenvalue weighted by molar-refractivity contribution is 5.75. The summed E-state index contributed by atoms with van der Waals surface area (Å²) in [5, 5.41) is 3.48. The zero-order chi connectivity index (χ0) is 10.8. The van der Waals surface area contributed by atoms with E-state index in [4.69, 9.17) is 4.74 Å². The molecular weight excluding hydrogens is 200 g/mol. The van der Waals surface area contributed by atoms with E-state index >= 15 is 0 Å². The third kappa shape index (κ3) is 2.18. The van der Waals surface area contributed by atoms with Crippen LogP contribution in [0.25, 0.3) is 0 Å². The van der Waals surface area contributed by atoms with Crippen molar-refractivity contribution in [1.29, 1.82) is 0 Å². The van der Waals surface area contributed by atoms with E-state index in [1.165, 1.54) is 44.9 Å². The summed E-state index contributed by atoms with van der Waals surface area (Å²) < 4.78 is 5.43. The van der Waals surface area contributed by atoms with Crippen LogP contribution in [0.15, 0.2) is 4.99 Å². The second-order valence-corrected chi connectivity index (χ2v) is 5.49. The molecule has 90 valence electrons. The predicted octanol–water partition coefficient (Wildman–Crippen LogP) is 2.32. The molecule has 2 saturated carbocycles. The Balaban J connectivity index is 1.54. The van der Waals surface area contributed by atoms with Crippen LogP contribution in [-0.4, -0.2) is 25.2 Å². The Kier molecular flexibility index (Phi) is 3.02. The van der Waals surface area contributed by atoms with E-state index in [2.05, 4.69) is 10.3 Å². The van der Waals surface area contributed by atoms with Gasteiger partial charge in [0.25, 0.3) is 6.02 Å². The van der Waals surface area contributed by atoms with Crippen molar-refractivity contribution in [2.24, 2.45) is 16.8 Å². The summed E-state index contributed by atoms with van der Waals surface area (Å²) in [4.78, 5) is 4.32. The van der Waals surface area contributed by atoms with Gasteiger partial charge in [0.1, 0.15) is 6.61 Å². The summed E-state index contributed by atoms with van der Waals surface area (Å²) in [5.41, 5.74) is 0. The standard InChI is InChI=1S/C13H22N2O/c1-2-4-11-9-12(6-5-10(11)3-1)15-13-14-7-8-16-13/h10-12H,1-9H2,(H,14,15)/t10-,11+,12-/m0/s1. The molecule has 0 spiro atoms. The van der Waals surface area contributed by atoms with Gasteiger partial charge < -0.3 is 10.1 Å². The zero-order valence-electron chi connectivity index (χ0n) is 9.95. The smallest absolute Gasteiger partial charge is 0.285 e. The number of aliphatic imine (C=N–C) groups is 1. The molecule has 3 nitrogen and oxygen atoms in total. The van der Waals surface area contributed by atoms with Crippen LogP contribution in [0, 0.1) is 11.8 Å². The fourth-order valence-electron chi connectivity index (χ4n) is 3.60. The van der Waals surface area contributed by atoms with Crippen LogP contribution in [0.4, 0.5) is 0 Å². The molecule has 1 aliphatic heterocycles. The Labute approximate surface area is 97.7 Å². The number of hydrogen-bond acceptors (Lipinski definition) is 3. The Morgan fingerprint density at radius 2 is 1.94 bits per heavy atom. The van der Waals surface area contributed by atoms with Crippen molar-refractivity contribution in [3.05, 3.63) is 0 Å². The molecule has 0 aromatic heterocycles. The lowest BCUT2D eigenvalue weighted by atomic mass is 9.69. The first-order valence-corrected chi connectivity index (χ1v) is 6.85. The number of nitrogens with one attached hydrogen (secondary N) is 1. The Morgan fingerprint density at radius 3 is 2.75 bits per heavy atom. The molecule has 0 unspecified atom stereocenters. The molecule has 0 aromatic carbocycles. The van der Waals surface area contributed by atoms with Gasteiger partial charge in [-0.1, -0.05) is 25.7 Å². The lowest BCUT2D eigenvalue weighted by Crippen LogP contribution is -2.41. The van der Waals surface area contributed by atoms with E-state index in [-0.39, 0.29) is 0 Å². The first-order valence-electron chi connectivity index (χ1n) is 6.85. The number of hydrogen-bond donors (Lipinski definition) is 1. The summed E-state index contributed by atoms with van der Waals surface area (Å²) in [6.07, 6.45) is 9.91. The Bertz CT molecular complexity index is 277. The maximum atomic E-state index is 5.43. The van der Waals surface area contributed by atoms with Crippen molar-refractivity contribution < 1.29 is 4.74 Å². The number of ether oxygens (including phenoxy) is 1. The van der Waals surface area contributed by atoms with Gasteiger partial charge in [-0.3, -0.25) is 0 Å². The van der Waals surface area contributed by atoms with E-state index in [1.54, 1.807) is 0 Å². The highest BCUT2D eigenvalue weighted by Gasteiger charge is 2.32. The summed E-state index contributed by atoms with van der Waals surface area (Å²) >= 11 is 0. The highest BCUT2D eigenvalue weighted by atomic mass is 16.5. The van der Waals surface area contributed by atoms with Gasteiger partial charge in [-0.25, -0.2) is 4.99 Å². The number of rotatable bonds is 1. The average molecular weight is 222 g/mol. The third-order valence-electron chi connectivity index (χ3n) is 4.45.